The number of nitrogen functional groups attached to an aromatic ring is 1. The number of methoxy groups -OCH3 is 1. The Morgan fingerprint density at radius 2 is 2.17 bits per heavy atom. The maximum atomic E-state index is 5.87. The van der Waals surface area contributed by atoms with Gasteiger partial charge in [0.1, 0.15) is 11.6 Å². The Morgan fingerprint density at radius 1 is 1.33 bits per heavy atom. The first-order chi connectivity index (χ1) is 8.70. The zero-order valence-corrected chi connectivity index (χ0v) is 10.3. The van der Waals surface area contributed by atoms with Crippen molar-refractivity contribution in [1.29, 1.82) is 0 Å². The average Bonchev–Trinajstić information content (AvgIpc) is 2.95. The predicted molar refractivity (Wildman–Crippen MR) is 71.5 cm³/mol. The van der Waals surface area contributed by atoms with Gasteiger partial charge in [-0.1, -0.05) is 0 Å². The molecule has 3 aromatic rings. The number of hydrogen-bond acceptors (Lipinski definition) is 3. The van der Waals surface area contributed by atoms with Crippen LogP contribution in [0.4, 0.5) is 5.82 Å². The first-order valence-electron chi connectivity index (χ1n) is 5.63. The lowest BCUT2D eigenvalue weighted by molar-refractivity contribution is 0.417. The topological polar surface area (TPSA) is 68.9 Å². The Morgan fingerprint density at radius 3 is 2.83 bits per heavy atom. The molecule has 3 rings (SSSR count). The molecule has 3 N–H and O–H groups in total. The zero-order valence-electron chi connectivity index (χ0n) is 10.3. The fourth-order valence-corrected chi connectivity index (χ4v) is 2.19. The maximum Gasteiger partial charge on any atom is 0.127 e. The Hall–Kier alpha value is -2.43. The minimum absolute atomic E-state index is 0.543. The van der Waals surface area contributed by atoms with Crippen LogP contribution in [0.1, 0.15) is 0 Å². The standard InChI is InChI=1S/C13H14N4O/c1-17-4-3-8-5-12(18-2)9(6-11(8)17)10-7-15-16-13(10)14/h3-7H,1-2H3,(H3,14,15,16). The van der Waals surface area contributed by atoms with Gasteiger partial charge in [0.15, 0.2) is 0 Å². The minimum Gasteiger partial charge on any atom is -0.496 e. The number of aromatic amines is 1. The molecule has 0 amide bonds. The van der Waals surface area contributed by atoms with Crippen LogP contribution in [0.15, 0.2) is 30.6 Å². The normalized spacial score (nSPS) is 11.0. The van der Waals surface area contributed by atoms with Gasteiger partial charge in [0, 0.05) is 35.3 Å². The quantitative estimate of drug-likeness (QED) is 0.723. The Labute approximate surface area is 104 Å². The van der Waals surface area contributed by atoms with Crippen LogP contribution in [0.2, 0.25) is 0 Å². The van der Waals surface area contributed by atoms with Crippen LogP contribution in [-0.4, -0.2) is 21.9 Å². The van der Waals surface area contributed by atoms with E-state index < -0.39 is 0 Å². The molecule has 2 aromatic heterocycles. The number of aromatic nitrogens is 3. The van der Waals surface area contributed by atoms with E-state index in [2.05, 4.69) is 26.9 Å². The predicted octanol–water partition coefficient (Wildman–Crippen LogP) is 2.16. The molecule has 0 radical (unpaired) electrons. The summed E-state index contributed by atoms with van der Waals surface area (Å²) in [6.07, 6.45) is 3.73. The smallest absolute Gasteiger partial charge is 0.127 e. The first kappa shape index (κ1) is 10.7. The molecule has 0 fully saturated rings. The molecular weight excluding hydrogens is 228 g/mol. The van der Waals surface area contributed by atoms with Crippen molar-refractivity contribution in [2.45, 2.75) is 0 Å². The third-order valence-corrected chi connectivity index (χ3v) is 3.17. The SMILES string of the molecule is COc1cc2ccn(C)c2cc1-c1cn[nH]c1N. The molecule has 92 valence electrons. The van der Waals surface area contributed by atoms with E-state index in [1.165, 1.54) is 0 Å². The summed E-state index contributed by atoms with van der Waals surface area (Å²) in [7, 11) is 3.67. The first-order valence-corrected chi connectivity index (χ1v) is 5.63. The number of nitrogens with zero attached hydrogens (tertiary/aromatic N) is 2. The largest absolute Gasteiger partial charge is 0.496 e. The fourth-order valence-electron chi connectivity index (χ4n) is 2.19. The van der Waals surface area contributed by atoms with Gasteiger partial charge in [-0.25, -0.2) is 0 Å². The molecule has 5 nitrogen and oxygen atoms in total. The third-order valence-electron chi connectivity index (χ3n) is 3.17. The van der Waals surface area contributed by atoms with Crippen molar-refractivity contribution in [2.24, 2.45) is 7.05 Å². The molecule has 0 saturated carbocycles. The summed E-state index contributed by atoms with van der Waals surface area (Å²) in [6, 6.07) is 6.13. The lowest BCUT2D eigenvalue weighted by atomic mass is 10.1. The van der Waals surface area contributed by atoms with E-state index in [1.54, 1.807) is 13.3 Å². The molecule has 0 saturated heterocycles. The Kier molecular flexibility index (Phi) is 2.26. The van der Waals surface area contributed by atoms with Gasteiger partial charge in [-0.15, -0.1) is 0 Å². The van der Waals surface area contributed by atoms with E-state index in [4.69, 9.17) is 10.5 Å². The second-order valence-electron chi connectivity index (χ2n) is 4.24. The number of H-pyrrole nitrogens is 1. The number of fused-ring (bicyclic) bond motifs is 1. The minimum atomic E-state index is 0.543. The molecular formula is C13H14N4O. The number of hydrogen-bond donors (Lipinski definition) is 2. The molecule has 5 heteroatoms. The molecule has 0 aliphatic heterocycles. The maximum absolute atomic E-state index is 5.87. The average molecular weight is 242 g/mol. The van der Waals surface area contributed by atoms with Crippen LogP contribution >= 0.6 is 0 Å². The van der Waals surface area contributed by atoms with E-state index >= 15 is 0 Å². The van der Waals surface area contributed by atoms with Gasteiger partial charge in [-0.2, -0.15) is 5.10 Å². The van der Waals surface area contributed by atoms with Crippen LogP contribution in [-0.2, 0) is 7.05 Å². The summed E-state index contributed by atoms with van der Waals surface area (Å²) < 4.78 is 7.50. The highest BCUT2D eigenvalue weighted by Crippen LogP contribution is 2.36. The molecule has 1 aromatic carbocycles. The number of nitrogens with one attached hydrogen (secondary N) is 1. The number of rotatable bonds is 2. The molecule has 18 heavy (non-hydrogen) atoms. The Bertz CT molecular complexity index is 711. The third kappa shape index (κ3) is 1.44. The lowest BCUT2D eigenvalue weighted by Crippen LogP contribution is -1.93. The van der Waals surface area contributed by atoms with E-state index in [0.717, 1.165) is 27.8 Å². The van der Waals surface area contributed by atoms with Crippen molar-refractivity contribution in [3.8, 4) is 16.9 Å². The second kappa shape index (κ2) is 3.80. The zero-order chi connectivity index (χ0) is 12.7. The van der Waals surface area contributed by atoms with Gasteiger partial charge in [0.05, 0.1) is 13.3 Å². The molecule has 0 bridgehead atoms. The number of nitrogens with two attached hydrogens (primary N) is 1. The van der Waals surface area contributed by atoms with E-state index in [0.29, 0.717) is 5.82 Å². The van der Waals surface area contributed by atoms with Crippen LogP contribution in [0.3, 0.4) is 0 Å². The van der Waals surface area contributed by atoms with Crippen molar-refractivity contribution >= 4 is 16.7 Å². The molecule has 0 unspecified atom stereocenters. The van der Waals surface area contributed by atoms with E-state index in [9.17, 15) is 0 Å². The monoisotopic (exact) mass is 242 g/mol. The molecule has 2 heterocycles. The summed E-state index contributed by atoms with van der Waals surface area (Å²) in [5.41, 5.74) is 8.80. The van der Waals surface area contributed by atoms with Gasteiger partial charge in [0.25, 0.3) is 0 Å². The Balaban J connectivity index is 2.33. The van der Waals surface area contributed by atoms with Crippen LogP contribution in [0.5, 0.6) is 5.75 Å². The van der Waals surface area contributed by atoms with Crippen molar-refractivity contribution < 1.29 is 4.74 Å². The summed E-state index contributed by atoms with van der Waals surface area (Å²) >= 11 is 0. The van der Waals surface area contributed by atoms with Gasteiger partial charge < -0.3 is 15.0 Å². The van der Waals surface area contributed by atoms with E-state index in [-0.39, 0.29) is 0 Å². The lowest BCUT2D eigenvalue weighted by Gasteiger charge is -2.09. The summed E-state index contributed by atoms with van der Waals surface area (Å²) in [5.74, 6) is 1.34. The van der Waals surface area contributed by atoms with Crippen molar-refractivity contribution in [3.05, 3.63) is 30.6 Å². The van der Waals surface area contributed by atoms with Crippen molar-refractivity contribution in [2.75, 3.05) is 12.8 Å². The highest BCUT2D eigenvalue weighted by molar-refractivity contribution is 5.91. The highest BCUT2D eigenvalue weighted by Gasteiger charge is 2.13. The van der Waals surface area contributed by atoms with Crippen LogP contribution in [0, 0.1) is 0 Å². The number of benzene rings is 1. The van der Waals surface area contributed by atoms with Gasteiger partial charge in [0.2, 0.25) is 0 Å². The van der Waals surface area contributed by atoms with Gasteiger partial charge in [-0.3, -0.25) is 5.10 Å². The van der Waals surface area contributed by atoms with Crippen molar-refractivity contribution in [1.82, 2.24) is 14.8 Å². The highest BCUT2D eigenvalue weighted by atomic mass is 16.5. The van der Waals surface area contributed by atoms with E-state index in [1.807, 2.05) is 19.3 Å². The summed E-state index contributed by atoms with van der Waals surface area (Å²) in [4.78, 5) is 0. The summed E-state index contributed by atoms with van der Waals surface area (Å²) in [6.45, 7) is 0. The second-order valence-corrected chi connectivity index (χ2v) is 4.24. The summed E-state index contributed by atoms with van der Waals surface area (Å²) in [5, 5.41) is 7.83. The molecule has 0 aliphatic carbocycles. The number of anilines is 1. The molecule has 0 spiro atoms. The van der Waals surface area contributed by atoms with Gasteiger partial charge in [-0.05, 0) is 18.2 Å². The molecule has 0 aliphatic rings. The number of aryl methyl sites for hydroxylation is 1. The van der Waals surface area contributed by atoms with Crippen LogP contribution in [0.25, 0.3) is 22.0 Å². The fraction of sp³-hybridized carbons (Fsp3) is 0.154. The van der Waals surface area contributed by atoms with Crippen LogP contribution < -0.4 is 10.5 Å². The van der Waals surface area contributed by atoms with Crippen molar-refractivity contribution in [3.63, 3.8) is 0 Å². The number of ether oxygens (including phenoxy) is 1. The van der Waals surface area contributed by atoms with Gasteiger partial charge >= 0.3 is 0 Å². The molecule has 0 atom stereocenters.